The molecule has 0 aromatic heterocycles. The van der Waals surface area contributed by atoms with Crippen molar-refractivity contribution in [2.45, 2.75) is 42.0 Å². The lowest BCUT2D eigenvalue weighted by atomic mass is 10.1. The average molecular weight is 338 g/mol. The molecule has 5 nitrogen and oxygen atoms in total. The van der Waals surface area contributed by atoms with Crippen molar-refractivity contribution in [2.24, 2.45) is 0 Å². The summed E-state index contributed by atoms with van der Waals surface area (Å²) < 4.78 is 49.8. The van der Waals surface area contributed by atoms with Gasteiger partial charge in [0, 0.05) is 23.3 Å². The van der Waals surface area contributed by atoms with Gasteiger partial charge in [0.05, 0.1) is 0 Å². The third-order valence-electron chi connectivity index (χ3n) is 3.44. The minimum absolute atomic E-state index is 0.139. The van der Waals surface area contributed by atoms with Gasteiger partial charge < -0.3 is 0 Å². The van der Waals surface area contributed by atoms with Gasteiger partial charge in [-0.1, -0.05) is 18.6 Å². The first-order valence-corrected chi connectivity index (χ1v) is 10.0. The number of hydrogen-bond donors (Lipinski definition) is 0. The van der Waals surface area contributed by atoms with Crippen LogP contribution in [0.5, 0.6) is 0 Å². The fourth-order valence-electron chi connectivity index (χ4n) is 2.42. The predicted octanol–water partition coefficient (Wildman–Crippen LogP) is 2.18. The van der Waals surface area contributed by atoms with E-state index < -0.39 is 19.1 Å². The van der Waals surface area contributed by atoms with Gasteiger partial charge in [-0.2, -0.15) is 4.31 Å². The summed E-state index contributed by atoms with van der Waals surface area (Å²) in [5.74, 6) is 0. The maximum atomic E-state index is 12.7. The molecule has 1 atom stereocenters. The topological polar surface area (TPSA) is 71.5 Å². The Hall–Kier alpha value is -0.630. The van der Waals surface area contributed by atoms with E-state index >= 15 is 0 Å². The summed E-state index contributed by atoms with van der Waals surface area (Å²) in [6.07, 6.45) is 2.52. The van der Waals surface area contributed by atoms with E-state index in [-0.39, 0.29) is 15.8 Å². The lowest BCUT2D eigenvalue weighted by Gasteiger charge is -2.32. The summed E-state index contributed by atoms with van der Waals surface area (Å²) in [5.41, 5.74) is 0. The molecule has 0 aliphatic carbocycles. The van der Waals surface area contributed by atoms with Crippen LogP contribution >= 0.6 is 10.7 Å². The number of nitrogens with zero attached hydrogens (tertiary/aromatic N) is 1. The largest absolute Gasteiger partial charge is 0.262 e. The Morgan fingerprint density at radius 3 is 2.25 bits per heavy atom. The van der Waals surface area contributed by atoms with Crippen LogP contribution in [0.25, 0.3) is 0 Å². The zero-order valence-corrected chi connectivity index (χ0v) is 13.4. The Morgan fingerprint density at radius 1 is 1.10 bits per heavy atom. The highest BCUT2D eigenvalue weighted by atomic mass is 35.7. The van der Waals surface area contributed by atoms with Crippen LogP contribution in [-0.4, -0.2) is 33.7 Å². The molecule has 1 unspecified atom stereocenters. The molecule has 1 aromatic carbocycles. The summed E-state index contributed by atoms with van der Waals surface area (Å²) in [5, 5.41) is 0. The monoisotopic (exact) mass is 337 g/mol. The lowest BCUT2D eigenvalue weighted by Crippen LogP contribution is -2.42. The van der Waals surface area contributed by atoms with Crippen molar-refractivity contribution in [2.75, 3.05) is 6.54 Å². The zero-order valence-electron chi connectivity index (χ0n) is 11.0. The van der Waals surface area contributed by atoms with Crippen LogP contribution in [0.2, 0.25) is 0 Å². The van der Waals surface area contributed by atoms with Crippen LogP contribution in [-0.2, 0) is 19.1 Å². The van der Waals surface area contributed by atoms with Crippen molar-refractivity contribution in [1.29, 1.82) is 0 Å². The van der Waals surface area contributed by atoms with Crippen molar-refractivity contribution in [1.82, 2.24) is 4.31 Å². The van der Waals surface area contributed by atoms with Gasteiger partial charge in [0.25, 0.3) is 9.05 Å². The van der Waals surface area contributed by atoms with Crippen LogP contribution in [0.3, 0.4) is 0 Å². The number of piperidine rings is 1. The summed E-state index contributed by atoms with van der Waals surface area (Å²) in [4.78, 5) is -0.608. The van der Waals surface area contributed by atoms with Crippen LogP contribution in [0.1, 0.15) is 26.2 Å². The van der Waals surface area contributed by atoms with Crippen LogP contribution in [0, 0.1) is 0 Å². The molecule has 1 aliphatic rings. The number of hydrogen-bond acceptors (Lipinski definition) is 4. The normalized spacial score (nSPS) is 21.8. The number of rotatable bonds is 3. The van der Waals surface area contributed by atoms with Crippen LogP contribution in [0.4, 0.5) is 0 Å². The first kappa shape index (κ1) is 15.8. The van der Waals surface area contributed by atoms with Crippen molar-refractivity contribution < 1.29 is 16.8 Å². The molecule has 0 bridgehead atoms. The molecular weight excluding hydrogens is 322 g/mol. The van der Waals surface area contributed by atoms with E-state index in [9.17, 15) is 16.8 Å². The molecule has 1 fully saturated rings. The summed E-state index contributed by atoms with van der Waals surface area (Å²) in [6, 6.07) is 5.30. The number of halogens is 1. The quantitative estimate of drug-likeness (QED) is 0.792. The molecular formula is C12H16ClNO4S2. The maximum Gasteiger partial charge on any atom is 0.262 e. The third-order valence-corrected chi connectivity index (χ3v) is 7.02. The van der Waals surface area contributed by atoms with Crippen LogP contribution in [0.15, 0.2) is 34.1 Å². The van der Waals surface area contributed by atoms with E-state index in [0.29, 0.717) is 6.54 Å². The minimum atomic E-state index is -4.11. The molecule has 0 saturated carbocycles. The van der Waals surface area contributed by atoms with E-state index in [1.807, 2.05) is 6.92 Å². The molecule has 1 aliphatic heterocycles. The Morgan fingerprint density at radius 2 is 1.70 bits per heavy atom. The molecule has 1 heterocycles. The molecule has 20 heavy (non-hydrogen) atoms. The predicted molar refractivity (Wildman–Crippen MR) is 76.7 cm³/mol. The molecule has 8 heteroatoms. The summed E-state index contributed by atoms with van der Waals surface area (Å²) in [7, 11) is -2.63. The van der Waals surface area contributed by atoms with E-state index in [2.05, 4.69) is 0 Å². The van der Waals surface area contributed by atoms with Gasteiger partial charge in [-0.25, -0.2) is 16.8 Å². The Labute approximate surface area is 124 Å². The maximum absolute atomic E-state index is 12.7. The van der Waals surface area contributed by atoms with Crippen molar-refractivity contribution in [3.05, 3.63) is 24.3 Å². The van der Waals surface area contributed by atoms with Gasteiger partial charge in [0.15, 0.2) is 0 Å². The lowest BCUT2D eigenvalue weighted by molar-refractivity contribution is 0.268. The fourth-order valence-corrected chi connectivity index (χ4v) is 5.93. The standard InChI is InChI=1S/C12H16ClNO4S2/c1-10-6-4-5-9-14(10)20(17,18)12-8-3-2-7-11(12)19(13,15)16/h2-3,7-8,10H,4-6,9H2,1H3. The van der Waals surface area contributed by atoms with E-state index in [1.54, 1.807) is 0 Å². The second-order valence-corrected chi connectivity index (χ2v) is 9.24. The molecule has 1 aromatic rings. The van der Waals surface area contributed by atoms with E-state index in [1.165, 1.54) is 28.6 Å². The van der Waals surface area contributed by atoms with Gasteiger partial charge in [-0.15, -0.1) is 0 Å². The number of benzene rings is 1. The average Bonchev–Trinajstić information content (AvgIpc) is 2.38. The molecule has 0 amide bonds. The van der Waals surface area contributed by atoms with Crippen molar-refractivity contribution >= 4 is 29.8 Å². The first-order valence-electron chi connectivity index (χ1n) is 6.30. The molecule has 0 N–H and O–H groups in total. The molecule has 1 saturated heterocycles. The second kappa shape index (κ2) is 5.63. The highest BCUT2D eigenvalue weighted by Crippen LogP contribution is 2.30. The third kappa shape index (κ3) is 3.00. The van der Waals surface area contributed by atoms with Crippen molar-refractivity contribution in [3.63, 3.8) is 0 Å². The SMILES string of the molecule is CC1CCCCN1S(=O)(=O)c1ccccc1S(=O)(=O)Cl. The Balaban J connectivity index is 2.55. The molecule has 0 spiro atoms. The molecule has 112 valence electrons. The highest BCUT2D eigenvalue weighted by molar-refractivity contribution is 8.14. The van der Waals surface area contributed by atoms with Gasteiger partial charge in [-0.3, -0.25) is 0 Å². The fraction of sp³-hybridized carbons (Fsp3) is 0.500. The minimum Gasteiger partial charge on any atom is -0.207 e. The Kier molecular flexibility index (Phi) is 4.44. The molecule has 0 radical (unpaired) electrons. The second-order valence-electron chi connectivity index (χ2n) is 4.85. The molecule has 2 rings (SSSR count). The summed E-state index contributed by atoms with van der Waals surface area (Å²) >= 11 is 0. The van der Waals surface area contributed by atoms with Gasteiger partial charge in [0.2, 0.25) is 10.0 Å². The summed E-state index contributed by atoms with van der Waals surface area (Å²) in [6.45, 7) is 2.23. The highest BCUT2D eigenvalue weighted by Gasteiger charge is 2.34. The smallest absolute Gasteiger partial charge is 0.207 e. The zero-order chi connectivity index (χ0) is 15.0. The van der Waals surface area contributed by atoms with Crippen LogP contribution < -0.4 is 0 Å². The van der Waals surface area contributed by atoms with E-state index in [0.717, 1.165) is 19.3 Å². The number of sulfonamides is 1. The van der Waals surface area contributed by atoms with Gasteiger partial charge in [-0.05, 0) is 31.9 Å². The van der Waals surface area contributed by atoms with Crippen molar-refractivity contribution in [3.8, 4) is 0 Å². The van der Waals surface area contributed by atoms with E-state index in [4.69, 9.17) is 10.7 Å². The first-order chi connectivity index (χ1) is 9.24. The van der Waals surface area contributed by atoms with Gasteiger partial charge >= 0.3 is 0 Å². The Bertz CT molecular complexity index is 700. The van der Waals surface area contributed by atoms with Gasteiger partial charge in [0.1, 0.15) is 9.79 Å².